The first kappa shape index (κ1) is 55.4. The van der Waals surface area contributed by atoms with Crippen molar-refractivity contribution in [2.75, 3.05) is 0 Å². The summed E-state index contributed by atoms with van der Waals surface area (Å²) in [4.78, 5) is 18.8. The third kappa shape index (κ3) is 9.93. The number of hydrogen-bond acceptors (Lipinski definition) is 4. The number of pyridine rings is 4. The van der Waals surface area contributed by atoms with Gasteiger partial charge in [-0.2, -0.15) is 13.2 Å². The normalized spacial score (nSPS) is 11.8. The van der Waals surface area contributed by atoms with Gasteiger partial charge in [0.2, 0.25) is 0 Å². The molecule has 6 heterocycles. The molecule has 0 amide bonds. The van der Waals surface area contributed by atoms with Crippen LogP contribution in [0.15, 0.2) is 298 Å². The zero-order valence-corrected chi connectivity index (χ0v) is 48.9. The molecule has 0 radical (unpaired) electrons. The SMILES string of the molecule is Fc1cccc(F)c1-c1cc(-n2c3ccc(-c4ccnc(-c5ccccc5)c4)cc3c3cc(-c4ccnc(-c5ccccc5)c4)ccc32)c(C(F)(F)F)c(-n2c3ccc(-c4ccnc(-c5ccccc5)c4)cc3c3cc(-c4ccnc(-c5ccccc5)c4)ccc32)c1. The van der Waals surface area contributed by atoms with Crippen molar-refractivity contribution in [3.63, 3.8) is 0 Å². The number of alkyl halides is 3. The van der Waals surface area contributed by atoms with Gasteiger partial charge >= 0.3 is 6.18 Å². The van der Waals surface area contributed by atoms with Crippen LogP contribution in [0, 0.1) is 11.6 Å². The molecule has 438 valence electrons. The average molecular weight is 1200 g/mol. The van der Waals surface area contributed by atoms with Crippen LogP contribution in [-0.4, -0.2) is 29.1 Å². The molecule has 6 nitrogen and oxygen atoms in total. The first-order valence-corrected chi connectivity index (χ1v) is 30.0. The average Bonchev–Trinajstić information content (AvgIpc) is 1.54. The van der Waals surface area contributed by atoms with Crippen molar-refractivity contribution in [1.29, 1.82) is 0 Å². The Kier molecular flexibility index (Phi) is 13.6. The molecule has 0 fully saturated rings. The van der Waals surface area contributed by atoms with Gasteiger partial charge in [-0.05, 0) is 171 Å². The van der Waals surface area contributed by atoms with Gasteiger partial charge in [0.05, 0.1) is 61.8 Å². The predicted molar refractivity (Wildman–Crippen MR) is 360 cm³/mol. The van der Waals surface area contributed by atoms with Gasteiger partial charge in [0.15, 0.2) is 0 Å². The number of aromatic nitrogens is 6. The van der Waals surface area contributed by atoms with E-state index in [-0.39, 0.29) is 16.9 Å². The third-order valence-electron chi connectivity index (χ3n) is 17.3. The number of nitrogens with zero attached hydrogens (tertiary/aromatic N) is 6. The topological polar surface area (TPSA) is 61.4 Å². The van der Waals surface area contributed by atoms with Crippen LogP contribution in [0.2, 0.25) is 0 Å². The Balaban J connectivity index is 0.976. The summed E-state index contributed by atoms with van der Waals surface area (Å²) in [6.07, 6.45) is 1.91. The first-order chi connectivity index (χ1) is 45.1. The molecule has 16 rings (SSSR count). The van der Waals surface area contributed by atoms with Gasteiger partial charge in [-0.1, -0.05) is 152 Å². The van der Waals surface area contributed by atoms with E-state index < -0.39 is 28.9 Å². The summed E-state index contributed by atoms with van der Waals surface area (Å²) in [6.45, 7) is 0. The fourth-order valence-electron chi connectivity index (χ4n) is 13.0. The van der Waals surface area contributed by atoms with Gasteiger partial charge in [0, 0.05) is 68.6 Å². The Bertz CT molecular complexity index is 4920. The van der Waals surface area contributed by atoms with Gasteiger partial charge in [-0.3, -0.25) is 19.9 Å². The summed E-state index contributed by atoms with van der Waals surface area (Å²) in [7, 11) is 0. The monoisotopic (exact) mass is 1200 g/mol. The lowest BCUT2D eigenvalue weighted by molar-refractivity contribution is -0.137. The molecular formula is C81H49F5N6. The summed E-state index contributed by atoms with van der Waals surface area (Å²) in [5.41, 5.74) is 12.7. The van der Waals surface area contributed by atoms with Crippen LogP contribution in [0.5, 0.6) is 0 Å². The molecule has 6 aromatic heterocycles. The minimum absolute atomic E-state index is 0.101. The van der Waals surface area contributed by atoms with Gasteiger partial charge in [-0.15, -0.1) is 0 Å². The van der Waals surface area contributed by atoms with E-state index in [0.717, 1.165) is 102 Å². The molecule has 0 spiro atoms. The number of rotatable bonds is 11. The van der Waals surface area contributed by atoms with Crippen LogP contribution in [0.4, 0.5) is 22.0 Å². The van der Waals surface area contributed by atoms with Crippen molar-refractivity contribution in [3.05, 3.63) is 315 Å². The molecule has 0 bridgehead atoms. The molecule has 0 atom stereocenters. The number of fused-ring (bicyclic) bond motifs is 6. The van der Waals surface area contributed by atoms with Crippen LogP contribution in [0.1, 0.15) is 5.56 Å². The smallest absolute Gasteiger partial charge is 0.309 e. The first-order valence-electron chi connectivity index (χ1n) is 30.0. The van der Waals surface area contributed by atoms with Crippen molar-refractivity contribution in [3.8, 4) is 112 Å². The highest BCUT2D eigenvalue weighted by molar-refractivity contribution is 6.14. The van der Waals surface area contributed by atoms with E-state index in [1.807, 2.05) is 243 Å². The second kappa shape index (κ2) is 22.6. The molecule has 0 aliphatic heterocycles. The molecule has 92 heavy (non-hydrogen) atoms. The Morgan fingerprint density at radius 3 is 0.793 bits per heavy atom. The van der Waals surface area contributed by atoms with Crippen LogP contribution in [-0.2, 0) is 6.18 Å². The zero-order chi connectivity index (χ0) is 62.0. The summed E-state index contributed by atoms with van der Waals surface area (Å²) >= 11 is 0. The largest absolute Gasteiger partial charge is 0.420 e. The van der Waals surface area contributed by atoms with Gasteiger partial charge < -0.3 is 9.13 Å². The van der Waals surface area contributed by atoms with E-state index in [2.05, 4.69) is 0 Å². The molecule has 0 unspecified atom stereocenters. The second-order valence-electron chi connectivity index (χ2n) is 22.8. The van der Waals surface area contributed by atoms with Crippen molar-refractivity contribution >= 4 is 43.6 Å². The summed E-state index contributed by atoms with van der Waals surface area (Å²) in [6, 6.07) is 83.9. The fraction of sp³-hybridized carbons (Fsp3) is 0.0123. The standard InChI is InChI=1S/C81H49F5N6/c82-67-22-13-23-68(83)79(67)62-48-77(91-73-28-24-54(58-32-36-87-69(44-58)50-14-5-1-6-15-50)40-63(73)64-41-55(25-29-74(64)91)59-33-37-88-70(45-59)51-16-7-2-8-17-51)80(81(84,85)86)78(49-62)92-75-30-26-56(60-34-38-89-71(46-60)52-18-9-3-10-19-52)42-65(75)66-43-57(27-31-76(66)92)61-35-39-90-72(47-61)53-20-11-4-12-21-53/h1-49H. The van der Waals surface area contributed by atoms with E-state index in [4.69, 9.17) is 19.9 Å². The number of hydrogen-bond donors (Lipinski definition) is 0. The van der Waals surface area contributed by atoms with Crippen LogP contribution in [0.25, 0.3) is 156 Å². The van der Waals surface area contributed by atoms with E-state index in [0.29, 0.717) is 43.6 Å². The number of halogens is 5. The molecule has 0 N–H and O–H groups in total. The van der Waals surface area contributed by atoms with Crippen LogP contribution in [0.3, 0.4) is 0 Å². The lowest BCUT2D eigenvalue weighted by Crippen LogP contribution is -2.16. The fourth-order valence-corrected chi connectivity index (χ4v) is 13.0. The van der Waals surface area contributed by atoms with Gasteiger partial charge in [0.25, 0.3) is 0 Å². The maximum absolute atomic E-state index is 17.4. The van der Waals surface area contributed by atoms with E-state index >= 15 is 22.0 Å². The highest BCUT2D eigenvalue weighted by atomic mass is 19.4. The Labute approximate surface area is 525 Å². The van der Waals surface area contributed by atoms with Crippen molar-refractivity contribution in [1.82, 2.24) is 29.1 Å². The maximum atomic E-state index is 17.4. The quantitative estimate of drug-likeness (QED) is 0.121. The highest BCUT2D eigenvalue weighted by Crippen LogP contribution is 2.49. The molecule has 10 aromatic carbocycles. The van der Waals surface area contributed by atoms with Crippen LogP contribution < -0.4 is 0 Å². The van der Waals surface area contributed by atoms with E-state index in [9.17, 15) is 0 Å². The van der Waals surface area contributed by atoms with Crippen molar-refractivity contribution < 1.29 is 22.0 Å². The minimum Gasteiger partial charge on any atom is -0.309 e. The molecule has 0 aliphatic rings. The second-order valence-corrected chi connectivity index (χ2v) is 22.8. The Morgan fingerprint density at radius 2 is 0.522 bits per heavy atom. The highest BCUT2D eigenvalue weighted by Gasteiger charge is 2.40. The van der Waals surface area contributed by atoms with Crippen LogP contribution >= 0.6 is 0 Å². The minimum atomic E-state index is -5.09. The summed E-state index contributed by atoms with van der Waals surface area (Å²) in [5.74, 6) is -1.87. The predicted octanol–water partition coefficient (Wildman–Crippen LogP) is 21.8. The van der Waals surface area contributed by atoms with Crippen molar-refractivity contribution in [2.24, 2.45) is 0 Å². The summed E-state index contributed by atoms with van der Waals surface area (Å²) < 4.78 is 88.9. The zero-order valence-electron chi connectivity index (χ0n) is 48.9. The van der Waals surface area contributed by atoms with E-state index in [1.54, 1.807) is 33.9 Å². The molecule has 0 aliphatic carbocycles. The Morgan fingerprint density at radius 1 is 0.250 bits per heavy atom. The van der Waals surface area contributed by atoms with Gasteiger partial charge in [-0.25, -0.2) is 8.78 Å². The molecule has 11 heteroatoms. The molecule has 0 saturated heterocycles. The lowest BCUT2D eigenvalue weighted by atomic mass is 9.98. The third-order valence-corrected chi connectivity index (χ3v) is 17.3. The summed E-state index contributed by atoms with van der Waals surface area (Å²) in [5, 5.41) is 2.56. The van der Waals surface area contributed by atoms with Crippen molar-refractivity contribution in [2.45, 2.75) is 6.18 Å². The maximum Gasteiger partial charge on any atom is 0.420 e. The van der Waals surface area contributed by atoms with Gasteiger partial charge in [0.1, 0.15) is 17.2 Å². The molecular weight excluding hydrogens is 1150 g/mol. The molecule has 0 saturated carbocycles. The molecule has 16 aromatic rings. The lowest BCUT2D eigenvalue weighted by Gasteiger charge is -2.23. The van der Waals surface area contributed by atoms with E-state index in [1.165, 1.54) is 18.2 Å². The Hall–Kier alpha value is -12.0. The number of benzene rings is 10.